The first-order valence-corrected chi connectivity index (χ1v) is 6.50. The van der Waals surface area contributed by atoms with Gasteiger partial charge < -0.3 is 10.6 Å². The smallest absolute Gasteiger partial charge is 0.225 e. The molecular weight excluding hydrogens is 236 g/mol. The maximum absolute atomic E-state index is 5.85. The highest BCUT2D eigenvalue weighted by molar-refractivity contribution is 6.30. The van der Waals surface area contributed by atoms with Crippen LogP contribution in [0.25, 0.3) is 0 Å². The molecule has 0 radical (unpaired) electrons. The lowest BCUT2D eigenvalue weighted by Crippen LogP contribution is -2.43. The van der Waals surface area contributed by atoms with Crippen molar-refractivity contribution in [3.05, 3.63) is 17.4 Å². The van der Waals surface area contributed by atoms with Gasteiger partial charge in [0.05, 0.1) is 17.4 Å². The van der Waals surface area contributed by atoms with E-state index in [1.54, 1.807) is 12.4 Å². The molecule has 2 unspecified atom stereocenters. The first-order chi connectivity index (χ1) is 8.22. The Labute approximate surface area is 107 Å². The summed E-state index contributed by atoms with van der Waals surface area (Å²) in [6.07, 6.45) is 8.21. The zero-order valence-electron chi connectivity index (χ0n) is 10.1. The van der Waals surface area contributed by atoms with Gasteiger partial charge in [-0.3, -0.25) is 0 Å². The van der Waals surface area contributed by atoms with E-state index in [9.17, 15) is 0 Å². The number of aromatic nitrogens is 2. The topological polar surface area (TPSA) is 55.0 Å². The van der Waals surface area contributed by atoms with Gasteiger partial charge >= 0.3 is 0 Å². The summed E-state index contributed by atoms with van der Waals surface area (Å²) in [6.45, 7) is 0.739. The molecule has 1 aliphatic rings. The second-order valence-corrected chi connectivity index (χ2v) is 5.10. The molecule has 4 nitrogen and oxygen atoms in total. The van der Waals surface area contributed by atoms with Crippen molar-refractivity contribution < 1.29 is 0 Å². The van der Waals surface area contributed by atoms with E-state index in [2.05, 4.69) is 14.9 Å². The number of anilines is 1. The second kappa shape index (κ2) is 5.65. The molecule has 1 saturated carbocycles. The van der Waals surface area contributed by atoms with Gasteiger partial charge in [0.2, 0.25) is 5.95 Å². The molecule has 0 spiro atoms. The van der Waals surface area contributed by atoms with Crippen LogP contribution in [0.5, 0.6) is 0 Å². The highest BCUT2D eigenvalue weighted by atomic mass is 35.5. The van der Waals surface area contributed by atoms with E-state index in [0.717, 1.165) is 12.5 Å². The molecule has 17 heavy (non-hydrogen) atoms. The number of halogens is 1. The van der Waals surface area contributed by atoms with Crippen LogP contribution in [0.2, 0.25) is 5.02 Å². The monoisotopic (exact) mass is 254 g/mol. The minimum Gasteiger partial charge on any atom is -0.341 e. The van der Waals surface area contributed by atoms with Crippen LogP contribution in [-0.2, 0) is 0 Å². The zero-order valence-corrected chi connectivity index (χ0v) is 10.9. The predicted molar refractivity (Wildman–Crippen MR) is 70.2 cm³/mol. The standard InChI is InChI=1S/C12H19ClN4/c1-17(12-15-7-10(13)8-16-12)11-5-3-2-4-9(11)6-14/h7-9,11H,2-6,14H2,1H3. The molecule has 5 heteroatoms. The zero-order chi connectivity index (χ0) is 12.3. The predicted octanol–water partition coefficient (Wildman–Crippen LogP) is 2.08. The largest absolute Gasteiger partial charge is 0.341 e. The van der Waals surface area contributed by atoms with Gasteiger partial charge in [-0.05, 0) is 25.3 Å². The van der Waals surface area contributed by atoms with Crippen molar-refractivity contribution in [2.24, 2.45) is 11.7 Å². The molecule has 0 bridgehead atoms. The van der Waals surface area contributed by atoms with Gasteiger partial charge in [0.1, 0.15) is 0 Å². The molecule has 2 N–H and O–H groups in total. The van der Waals surface area contributed by atoms with Crippen molar-refractivity contribution in [1.29, 1.82) is 0 Å². The van der Waals surface area contributed by atoms with E-state index >= 15 is 0 Å². The maximum atomic E-state index is 5.85. The minimum atomic E-state index is 0.454. The van der Waals surface area contributed by atoms with Crippen LogP contribution >= 0.6 is 11.6 Å². The number of hydrogen-bond acceptors (Lipinski definition) is 4. The number of hydrogen-bond donors (Lipinski definition) is 1. The lowest BCUT2D eigenvalue weighted by molar-refractivity contribution is 0.304. The van der Waals surface area contributed by atoms with Crippen LogP contribution in [0.3, 0.4) is 0 Å². The minimum absolute atomic E-state index is 0.454. The summed E-state index contributed by atoms with van der Waals surface area (Å²) >= 11 is 5.79. The average molecular weight is 255 g/mol. The summed E-state index contributed by atoms with van der Waals surface area (Å²) < 4.78 is 0. The van der Waals surface area contributed by atoms with Gasteiger partial charge in [0, 0.05) is 13.1 Å². The number of nitrogens with zero attached hydrogens (tertiary/aromatic N) is 3. The molecule has 0 amide bonds. The maximum Gasteiger partial charge on any atom is 0.225 e. The third kappa shape index (κ3) is 2.87. The molecule has 1 aliphatic carbocycles. The fraction of sp³-hybridized carbons (Fsp3) is 0.667. The highest BCUT2D eigenvalue weighted by Crippen LogP contribution is 2.28. The number of rotatable bonds is 3. The molecule has 1 aromatic heterocycles. The highest BCUT2D eigenvalue weighted by Gasteiger charge is 2.28. The second-order valence-electron chi connectivity index (χ2n) is 4.66. The van der Waals surface area contributed by atoms with Crippen molar-refractivity contribution in [2.75, 3.05) is 18.5 Å². The third-order valence-electron chi connectivity index (χ3n) is 3.59. The van der Waals surface area contributed by atoms with Crippen LogP contribution in [0.4, 0.5) is 5.95 Å². The Balaban J connectivity index is 2.12. The van der Waals surface area contributed by atoms with E-state index in [0.29, 0.717) is 17.0 Å². The van der Waals surface area contributed by atoms with Gasteiger partial charge in [0.15, 0.2) is 0 Å². The lowest BCUT2D eigenvalue weighted by atomic mass is 9.84. The quantitative estimate of drug-likeness (QED) is 0.897. The Bertz CT molecular complexity index is 354. The van der Waals surface area contributed by atoms with E-state index < -0.39 is 0 Å². The van der Waals surface area contributed by atoms with Crippen LogP contribution < -0.4 is 10.6 Å². The summed E-state index contributed by atoms with van der Waals surface area (Å²) in [4.78, 5) is 10.7. The van der Waals surface area contributed by atoms with E-state index in [4.69, 9.17) is 17.3 Å². The van der Waals surface area contributed by atoms with Gasteiger partial charge in [-0.25, -0.2) is 9.97 Å². The molecule has 2 rings (SSSR count). The van der Waals surface area contributed by atoms with Gasteiger partial charge in [-0.1, -0.05) is 24.4 Å². The Kier molecular flexibility index (Phi) is 4.18. The first-order valence-electron chi connectivity index (χ1n) is 6.13. The SMILES string of the molecule is CN(c1ncc(Cl)cn1)C1CCCCC1CN. The first kappa shape index (κ1) is 12.6. The van der Waals surface area contributed by atoms with E-state index in [1.165, 1.54) is 25.7 Å². The van der Waals surface area contributed by atoms with E-state index in [-0.39, 0.29) is 0 Å². The summed E-state index contributed by atoms with van der Waals surface area (Å²) in [7, 11) is 2.04. The van der Waals surface area contributed by atoms with Gasteiger partial charge in [-0.15, -0.1) is 0 Å². The van der Waals surface area contributed by atoms with Gasteiger partial charge in [-0.2, -0.15) is 0 Å². The van der Waals surface area contributed by atoms with Crippen LogP contribution in [0.15, 0.2) is 12.4 Å². The molecule has 0 saturated heterocycles. The van der Waals surface area contributed by atoms with Gasteiger partial charge in [0.25, 0.3) is 0 Å². The summed E-state index contributed by atoms with van der Waals surface area (Å²) in [6, 6.07) is 0.454. The third-order valence-corrected chi connectivity index (χ3v) is 3.79. The summed E-state index contributed by atoms with van der Waals surface area (Å²) in [5.41, 5.74) is 5.85. The fourth-order valence-electron chi connectivity index (χ4n) is 2.61. The molecule has 1 heterocycles. The Morgan fingerprint density at radius 3 is 2.65 bits per heavy atom. The Hall–Kier alpha value is -0.870. The molecule has 2 atom stereocenters. The normalized spacial score (nSPS) is 24.6. The van der Waals surface area contributed by atoms with Crippen LogP contribution in [0, 0.1) is 5.92 Å². The van der Waals surface area contributed by atoms with E-state index in [1.807, 2.05) is 7.05 Å². The molecule has 1 aromatic rings. The molecule has 1 fully saturated rings. The van der Waals surface area contributed by atoms with Crippen LogP contribution in [-0.4, -0.2) is 29.6 Å². The Morgan fingerprint density at radius 1 is 1.35 bits per heavy atom. The average Bonchev–Trinajstić information content (AvgIpc) is 2.39. The fourth-order valence-corrected chi connectivity index (χ4v) is 2.71. The molecule has 0 aliphatic heterocycles. The Morgan fingerprint density at radius 2 is 2.00 bits per heavy atom. The molecular formula is C12H19ClN4. The summed E-state index contributed by atoms with van der Waals surface area (Å²) in [5.74, 6) is 1.28. The van der Waals surface area contributed by atoms with Crippen molar-refractivity contribution in [3.63, 3.8) is 0 Å². The van der Waals surface area contributed by atoms with Crippen molar-refractivity contribution >= 4 is 17.5 Å². The molecule has 94 valence electrons. The molecule has 0 aromatic carbocycles. The lowest BCUT2D eigenvalue weighted by Gasteiger charge is -2.37. The van der Waals surface area contributed by atoms with Crippen molar-refractivity contribution in [1.82, 2.24) is 9.97 Å². The number of nitrogens with two attached hydrogens (primary N) is 1. The summed E-state index contributed by atoms with van der Waals surface area (Å²) in [5, 5.41) is 0.571. The van der Waals surface area contributed by atoms with Crippen molar-refractivity contribution in [3.8, 4) is 0 Å². The van der Waals surface area contributed by atoms with Crippen molar-refractivity contribution in [2.45, 2.75) is 31.7 Å². The van der Waals surface area contributed by atoms with Crippen LogP contribution in [0.1, 0.15) is 25.7 Å².